The molecule has 6 nitrogen and oxygen atoms in total. The first-order valence-corrected chi connectivity index (χ1v) is 7.18. The van der Waals surface area contributed by atoms with Crippen molar-refractivity contribution in [2.45, 2.75) is 26.2 Å². The lowest BCUT2D eigenvalue weighted by Crippen LogP contribution is -2.10. The molecule has 0 unspecified atom stereocenters. The van der Waals surface area contributed by atoms with Gasteiger partial charge in [0.25, 0.3) is 0 Å². The number of rotatable bonds is 6. The van der Waals surface area contributed by atoms with Crippen LogP contribution in [0, 0.1) is 0 Å². The number of thiazole rings is 1. The van der Waals surface area contributed by atoms with Gasteiger partial charge in [0.05, 0.1) is 10.7 Å². The van der Waals surface area contributed by atoms with Crippen molar-refractivity contribution in [3.8, 4) is 0 Å². The lowest BCUT2D eigenvalue weighted by atomic mass is 10.2. The van der Waals surface area contributed by atoms with E-state index in [1.54, 1.807) is 11.3 Å². The third kappa shape index (κ3) is 3.74. The SMILES string of the molecule is CC(C)c1csc(CCNc2nccc(C(=O)O)n2)n1. The van der Waals surface area contributed by atoms with Crippen molar-refractivity contribution >= 4 is 23.3 Å². The quantitative estimate of drug-likeness (QED) is 0.850. The molecule has 0 bridgehead atoms. The number of anilines is 1. The predicted molar refractivity (Wildman–Crippen MR) is 77.4 cm³/mol. The monoisotopic (exact) mass is 292 g/mol. The third-order valence-electron chi connectivity index (χ3n) is 2.66. The Labute approximate surface area is 120 Å². The first-order chi connectivity index (χ1) is 9.56. The highest BCUT2D eigenvalue weighted by atomic mass is 32.1. The maximum absolute atomic E-state index is 10.8. The van der Waals surface area contributed by atoms with E-state index in [-0.39, 0.29) is 5.69 Å². The van der Waals surface area contributed by atoms with Gasteiger partial charge in [0, 0.05) is 24.5 Å². The second-order valence-electron chi connectivity index (χ2n) is 4.57. The van der Waals surface area contributed by atoms with E-state index < -0.39 is 5.97 Å². The molecule has 0 aliphatic heterocycles. The Hall–Kier alpha value is -2.02. The maximum Gasteiger partial charge on any atom is 0.354 e. The second kappa shape index (κ2) is 6.42. The molecule has 0 fully saturated rings. The zero-order valence-electron chi connectivity index (χ0n) is 11.3. The van der Waals surface area contributed by atoms with Crippen molar-refractivity contribution in [1.29, 1.82) is 0 Å². The van der Waals surface area contributed by atoms with E-state index in [4.69, 9.17) is 5.11 Å². The van der Waals surface area contributed by atoms with Crippen LogP contribution in [0.1, 0.15) is 41.0 Å². The Bertz CT molecular complexity index is 598. The average molecular weight is 292 g/mol. The first kappa shape index (κ1) is 14.4. The van der Waals surface area contributed by atoms with Gasteiger partial charge >= 0.3 is 5.97 Å². The molecular formula is C13H16N4O2S. The molecule has 0 atom stereocenters. The van der Waals surface area contributed by atoms with Crippen LogP contribution < -0.4 is 5.32 Å². The molecule has 2 rings (SSSR count). The maximum atomic E-state index is 10.8. The summed E-state index contributed by atoms with van der Waals surface area (Å²) in [4.78, 5) is 23.2. The third-order valence-corrected chi connectivity index (χ3v) is 3.58. The average Bonchev–Trinajstić information content (AvgIpc) is 2.88. The van der Waals surface area contributed by atoms with Crippen molar-refractivity contribution in [3.05, 3.63) is 34.0 Å². The van der Waals surface area contributed by atoms with Crippen LogP contribution in [0.15, 0.2) is 17.6 Å². The summed E-state index contributed by atoms with van der Waals surface area (Å²) in [6.45, 7) is 4.85. The Morgan fingerprint density at radius 3 is 2.90 bits per heavy atom. The molecule has 20 heavy (non-hydrogen) atoms. The highest BCUT2D eigenvalue weighted by molar-refractivity contribution is 7.09. The molecular weight excluding hydrogens is 276 g/mol. The molecule has 106 valence electrons. The van der Waals surface area contributed by atoms with E-state index in [9.17, 15) is 4.79 Å². The molecule has 0 spiro atoms. The van der Waals surface area contributed by atoms with Crippen LogP contribution in [0.25, 0.3) is 0 Å². The fourth-order valence-corrected chi connectivity index (χ4v) is 2.51. The minimum absolute atomic E-state index is 0.0150. The number of nitrogens with one attached hydrogen (secondary N) is 1. The van der Waals surface area contributed by atoms with Gasteiger partial charge in [-0.05, 0) is 12.0 Å². The molecule has 0 saturated heterocycles. The summed E-state index contributed by atoms with van der Waals surface area (Å²) in [5.74, 6) is -0.300. The number of aromatic nitrogens is 3. The first-order valence-electron chi connectivity index (χ1n) is 6.30. The van der Waals surface area contributed by atoms with E-state index >= 15 is 0 Å². The molecule has 2 N–H and O–H groups in total. The number of carboxylic acid groups (broad SMARTS) is 1. The molecule has 0 amide bonds. The Balaban J connectivity index is 1.89. The zero-order chi connectivity index (χ0) is 14.5. The largest absolute Gasteiger partial charge is 0.477 e. The topological polar surface area (TPSA) is 88.0 Å². The van der Waals surface area contributed by atoms with Gasteiger partial charge in [-0.1, -0.05) is 13.8 Å². The number of hydrogen-bond acceptors (Lipinski definition) is 6. The van der Waals surface area contributed by atoms with Crippen LogP contribution in [0.2, 0.25) is 0 Å². The summed E-state index contributed by atoms with van der Waals surface area (Å²) in [5, 5.41) is 15.0. The Kier molecular flexibility index (Phi) is 4.62. The van der Waals surface area contributed by atoms with Crippen molar-refractivity contribution in [2.24, 2.45) is 0 Å². The molecule has 0 radical (unpaired) electrons. The summed E-state index contributed by atoms with van der Waals surface area (Å²) in [5.41, 5.74) is 1.09. The van der Waals surface area contributed by atoms with Crippen molar-refractivity contribution in [2.75, 3.05) is 11.9 Å². The van der Waals surface area contributed by atoms with Gasteiger partial charge in [-0.3, -0.25) is 0 Å². The molecule has 0 aliphatic rings. The fourth-order valence-electron chi connectivity index (χ4n) is 1.55. The Morgan fingerprint density at radius 1 is 1.45 bits per heavy atom. The van der Waals surface area contributed by atoms with Crippen molar-refractivity contribution < 1.29 is 9.90 Å². The van der Waals surface area contributed by atoms with Gasteiger partial charge in [-0.25, -0.2) is 19.7 Å². The number of carboxylic acids is 1. The molecule has 0 aliphatic carbocycles. The van der Waals surface area contributed by atoms with E-state index in [1.807, 2.05) is 0 Å². The summed E-state index contributed by atoms with van der Waals surface area (Å²) < 4.78 is 0. The number of nitrogens with zero attached hydrogens (tertiary/aromatic N) is 3. The fraction of sp³-hybridized carbons (Fsp3) is 0.385. The van der Waals surface area contributed by atoms with Gasteiger partial charge in [0.2, 0.25) is 5.95 Å². The molecule has 2 aromatic heterocycles. The molecule has 2 aromatic rings. The van der Waals surface area contributed by atoms with Gasteiger partial charge in [-0.2, -0.15) is 0 Å². The highest BCUT2D eigenvalue weighted by Crippen LogP contribution is 2.18. The summed E-state index contributed by atoms with van der Waals surface area (Å²) in [7, 11) is 0. The van der Waals surface area contributed by atoms with E-state index in [0.29, 0.717) is 18.4 Å². The number of aromatic carboxylic acids is 1. The van der Waals surface area contributed by atoms with Crippen LogP contribution in [-0.4, -0.2) is 32.6 Å². The normalized spacial score (nSPS) is 10.8. The lowest BCUT2D eigenvalue weighted by Gasteiger charge is -2.03. The summed E-state index contributed by atoms with van der Waals surface area (Å²) >= 11 is 1.64. The number of hydrogen-bond donors (Lipinski definition) is 2. The molecule has 2 heterocycles. The standard InChI is InChI=1S/C13H16N4O2S/c1-8(2)10-7-20-11(16-10)4-6-15-13-14-5-3-9(17-13)12(18)19/h3,5,7-8H,4,6H2,1-2H3,(H,18,19)(H,14,15,17). The van der Waals surface area contributed by atoms with E-state index in [0.717, 1.165) is 17.1 Å². The summed E-state index contributed by atoms with van der Waals surface area (Å²) in [6.07, 6.45) is 2.19. The molecule has 0 saturated carbocycles. The van der Waals surface area contributed by atoms with Crippen LogP contribution in [0.4, 0.5) is 5.95 Å². The zero-order valence-corrected chi connectivity index (χ0v) is 12.1. The van der Waals surface area contributed by atoms with Gasteiger partial charge in [0.1, 0.15) is 0 Å². The summed E-state index contributed by atoms with van der Waals surface area (Å²) in [6, 6.07) is 1.36. The minimum atomic E-state index is -1.06. The van der Waals surface area contributed by atoms with E-state index in [1.165, 1.54) is 12.3 Å². The van der Waals surface area contributed by atoms with Crippen LogP contribution in [0.5, 0.6) is 0 Å². The van der Waals surface area contributed by atoms with Gasteiger partial charge in [-0.15, -0.1) is 11.3 Å². The molecule has 0 aromatic carbocycles. The van der Waals surface area contributed by atoms with Crippen molar-refractivity contribution in [1.82, 2.24) is 15.0 Å². The van der Waals surface area contributed by atoms with Crippen molar-refractivity contribution in [3.63, 3.8) is 0 Å². The van der Waals surface area contributed by atoms with Gasteiger partial charge < -0.3 is 10.4 Å². The molecule has 7 heteroatoms. The van der Waals surface area contributed by atoms with E-state index in [2.05, 4.69) is 39.5 Å². The smallest absolute Gasteiger partial charge is 0.354 e. The van der Waals surface area contributed by atoms with Gasteiger partial charge in [0.15, 0.2) is 5.69 Å². The van der Waals surface area contributed by atoms with Crippen LogP contribution >= 0.6 is 11.3 Å². The number of carbonyl (C=O) groups is 1. The van der Waals surface area contributed by atoms with Crippen LogP contribution in [-0.2, 0) is 6.42 Å². The lowest BCUT2D eigenvalue weighted by molar-refractivity contribution is 0.0690. The highest BCUT2D eigenvalue weighted by Gasteiger charge is 2.07. The second-order valence-corrected chi connectivity index (χ2v) is 5.51. The predicted octanol–water partition coefficient (Wildman–Crippen LogP) is 2.41. The minimum Gasteiger partial charge on any atom is -0.477 e. The Morgan fingerprint density at radius 2 is 2.25 bits per heavy atom. The van der Waals surface area contributed by atoms with Crippen LogP contribution in [0.3, 0.4) is 0 Å².